The Bertz CT molecular complexity index is 867. The van der Waals surface area contributed by atoms with Gasteiger partial charge in [0.1, 0.15) is 0 Å². The number of fused-ring (bicyclic) bond motifs is 1. The third kappa shape index (κ3) is 6.49. The minimum atomic E-state index is -0.164. The molecule has 0 spiro atoms. The van der Waals surface area contributed by atoms with Crippen LogP contribution in [0.3, 0.4) is 0 Å². The number of hydrogen-bond donors (Lipinski definition) is 2. The highest BCUT2D eigenvalue weighted by Gasteiger charge is 2.22. The molecular formula is C23H37N5OS2. The van der Waals surface area contributed by atoms with Gasteiger partial charge >= 0.3 is 6.03 Å². The van der Waals surface area contributed by atoms with Gasteiger partial charge in [-0.05, 0) is 56.4 Å². The number of carbonyl (C=O) groups is 1. The summed E-state index contributed by atoms with van der Waals surface area (Å²) >= 11 is 3.18. The van der Waals surface area contributed by atoms with E-state index < -0.39 is 0 Å². The molecule has 3 rings (SSSR count). The molecule has 1 aliphatic heterocycles. The van der Waals surface area contributed by atoms with Gasteiger partial charge in [0, 0.05) is 30.8 Å². The maximum absolute atomic E-state index is 12.6. The number of nitrogens with zero attached hydrogens (tertiary/aromatic N) is 3. The van der Waals surface area contributed by atoms with Crippen LogP contribution in [0.2, 0.25) is 0 Å². The minimum Gasteiger partial charge on any atom is -0.370 e. The number of amides is 2. The molecule has 31 heavy (non-hydrogen) atoms. The normalized spacial score (nSPS) is 15.0. The van der Waals surface area contributed by atoms with Gasteiger partial charge in [-0.3, -0.25) is 4.72 Å². The molecular weight excluding hydrogens is 426 g/mol. The molecule has 172 valence electrons. The van der Waals surface area contributed by atoms with Crippen LogP contribution < -0.4 is 14.9 Å². The van der Waals surface area contributed by atoms with Gasteiger partial charge in [0.2, 0.25) is 0 Å². The van der Waals surface area contributed by atoms with Crippen LogP contribution in [0.25, 0.3) is 10.2 Å². The fourth-order valence-electron chi connectivity index (χ4n) is 3.76. The molecule has 1 aliphatic rings. The lowest BCUT2D eigenvalue weighted by Crippen LogP contribution is -2.31. The molecule has 6 nitrogen and oxygen atoms in total. The van der Waals surface area contributed by atoms with Crippen molar-refractivity contribution in [3.05, 3.63) is 17.1 Å². The van der Waals surface area contributed by atoms with Crippen molar-refractivity contribution in [1.82, 2.24) is 14.6 Å². The van der Waals surface area contributed by atoms with E-state index in [1.165, 1.54) is 31.2 Å². The fraction of sp³-hybridized carbons (Fsp3) is 0.652. The van der Waals surface area contributed by atoms with Crippen molar-refractivity contribution in [2.24, 2.45) is 0 Å². The Kier molecular flexibility index (Phi) is 8.47. The van der Waals surface area contributed by atoms with Crippen LogP contribution in [0, 0.1) is 0 Å². The van der Waals surface area contributed by atoms with Gasteiger partial charge in [0.05, 0.1) is 26.6 Å². The average molecular weight is 464 g/mol. The molecule has 0 atom stereocenters. The second-order valence-electron chi connectivity index (χ2n) is 9.09. The van der Waals surface area contributed by atoms with E-state index in [1.54, 1.807) is 11.3 Å². The molecule has 1 aromatic heterocycles. The summed E-state index contributed by atoms with van der Waals surface area (Å²) in [7, 11) is 0. The van der Waals surface area contributed by atoms with Crippen molar-refractivity contribution in [3.8, 4) is 0 Å². The maximum atomic E-state index is 12.6. The van der Waals surface area contributed by atoms with Gasteiger partial charge in [-0.2, -0.15) is 0 Å². The van der Waals surface area contributed by atoms with E-state index >= 15 is 0 Å². The lowest BCUT2D eigenvalue weighted by Gasteiger charge is -2.30. The highest BCUT2D eigenvalue weighted by atomic mass is 32.2. The summed E-state index contributed by atoms with van der Waals surface area (Å²) in [6, 6.07) is 4.10. The van der Waals surface area contributed by atoms with Crippen molar-refractivity contribution in [3.63, 3.8) is 0 Å². The molecule has 0 bridgehead atoms. The highest BCUT2D eigenvalue weighted by Crippen LogP contribution is 2.38. The molecule has 0 unspecified atom stereocenters. The second kappa shape index (κ2) is 10.9. The van der Waals surface area contributed by atoms with E-state index in [1.807, 2.05) is 0 Å². The van der Waals surface area contributed by atoms with E-state index in [-0.39, 0.29) is 11.4 Å². The quantitative estimate of drug-likeness (QED) is 0.389. The van der Waals surface area contributed by atoms with Gasteiger partial charge in [-0.1, -0.05) is 34.6 Å². The zero-order valence-electron chi connectivity index (χ0n) is 19.6. The lowest BCUT2D eigenvalue weighted by atomic mass is 9.98. The molecule has 0 radical (unpaired) electrons. The van der Waals surface area contributed by atoms with E-state index in [9.17, 15) is 4.79 Å². The Morgan fingerprint density at radius 2 is 1.90 bits per heavy atom. The summed E-state index contributed by atoms with van der Waals surface area (Å²) in [5, 5.41) is 4.24. The third-order valence-electron chi connectivity index (χ3n) is 5.66. The predicted octanol–water partition coefficient (Wildman–Crippen LogP) is 5.70. The van der Waals surface area contributed by atoms with Crippen LogP contribution in [0.1, 0.15) is 58.9 Å². The number of piperidine rings is 1. The first kappa shape index (κ1) is 24.1. The minimum absolute atomic E-state index is 0.0153. The summed E-state index contributed by atoms with van der Waals surface area (Å²) in [6.07, 6.45) is 3.65. The Balaban J connectivity index is 1.75. The van der Waals surface area contributed by atoms with Gasteiger partial charge in [0.15, 0.2) is 0 Å². The number of anilines is 2. The van der Waals surface area contributed by atoms with E-state index in [0.29, 0.717) is 0 Å². The molecule has 0 saturated carbocycles. The Morgan fingerprint density at radius 3 is 2.55 bits per heavy atom. The Morgan fingerprint density at radius 1 is 1.19 bits per heavy atom. The van der Waals surface area contributed by atoms with Gasteiger partial charge in [-0.25, -0.2) is 9.78 Å². The number of carbonyl (C=O) groups excluding carboxylic acids is 1. The Hall–Kier alpha value is -1.51. The average Bonchev–Trinajstić information content (AvgIpc) is 3.17. The van der Waals surface area contributed by atoms with Crippen LogP contribution in [-0.2, 0) is 5.41 Å². The summed E-state index contributed by atoms with van der Waals surface area (Å²) < 4.78 is 4.07. The van der Waals surface area contributed by atoms with Crippen LogP contribution in [0.5, 0.6) is 0 Å². The summed E-state index contributed by atoms with van der Waals surface area (Å²) in [5.74, 6) is 0.872. The third-order valence-corrected chi connectivity index (χ3v) is 7.82. The first-order chi connectivity index (χ1) is 14.8. The number of thiazole rings is 1. The number of hydrogen-bond acceptors (Lipinski definition) is 6. The predicted molar refractivity (Wildman–Crippen MR) is 137 cm³/mol. The number of nitrogens with one attached hydrogen (secondary N) is 2. The van der Waals surface area contributed by atoms with E-state index in [0.717, 1.165) is 65.1 Å². The molecule has 2 amide bonds. The van der Waals surface area contributed by atoms with E-state index in [4.69, 9.17) is 4.98 Å². The largest absolute Gasteiger partial charge is 0.370 e. The first-order valence-electron chi connectivity index (χ1n) is 11.4. The SMILES string of the molecule is CCN(CC)CCSNC(=O)Nc1cc2sc(C(C)(C)C)nc2cc1N1CCCCC1. The standard InChI is InChI=1S/C23H37N5OS2/c1-6-27(7-2)13-14-30-26-22(29)25-17-16-20-18(24-21(31-20)23(3,4)5)15-19(17)28-11-9-8-10-12-28/h15-16H,6-14H2,1-5H3,(H2,25,26,29). The molecule has 1 fully saturated rings. The molecule has 1 aromatic carbocycles. The molecule has 0 aliphatic carbocycles. The van der Waals surface area contributed by atoms with Crippen molar-refractivity contribution >= 4 is 50.9 Å². The number of urea groups is 1. The summed E-state index contributed by atoms with van der Waals surface area (Å²) in [5.41, 5.74) is 3.00. The van der Waals surface area contributed by atoms with Crippen molar-refractivity contribution < 1.29 is 4.79 Å². The van der Waals surface area contributed by atoms with E-state index in [2.05, 4.69) is 66.6 Å². The second-order valence-corrected chi connectivity index (χ2v) is 11.0. The Labute approximate surface area is 195 Å². The first-order valence-corrected chi connectivity index (χ1v) is 13.2. The molecule has 2 N–H and O–H groups in total. The van der Waals surface area contributed by atoms with Crippen molar-refractivity contribution in [2.45, 2.75) is 59.3 Å². The molecule has 1 saturated heterocycles. The fourth-order valence-corrected chi connectivity index (χ4v) is 5.44. The summed E-state index contributed by atoms with van der Waals surface area (Å²) in [6.45, 7) is 16.0. The van der Waals surface area contributed by atoms with Crippen LogP contribution in [0.4, 0.5) is 16.2 Å². The van der Waals surface area contributed by atoms with Gasteiger partial charge in [-0.15, -0.1) is 11.3 Å². The topological polar surface area (TPSA) is 60.5 Å². The zero-order chi connectivity index (χ0) is 22.4. The van der Waals surface area contributed by atoms with Gasteiger partial charge < -0.3 is 15.1 Å². The molecule has 8 heteroatoms. The smallest absolute Gasteiger partial charge is 0.329 e. The molecule has 2 aromatic rings. The van der Waals surface area contributed by atoms with Crippen molar-refractivity contribution in [2.75, 3.05) is 48.7 Å². The van der Waals surface area contributed by atoms with Crippen LogP contribution >= 0.6 is 23.3 Å². The van der Waals surface area contributed by atoms with Crippen molar-refractivity contribution in [1.29, 1.82) is 0 Å². The summed E-state index contributed by atoms with van der Waals surface area (Å²) in [4.78, 5) is 22.3. The van der Waals surface area contributed by atoms with Crippen LogP contribution in [-0.4, -0.2) is 54.4 Å². The number of aromatic nitrogens is 1. The zero-order valence-corrected chi connectivity index (χ0v) is 21.2. The molecule has 2 heterocycles. The lowest BCUT2D eigenvalue weighted by molar-refractivity contribution is 0.257. The van der Waals surface area contributed by atoms with Crippen LogP contribution in [0.15, 0.2) is 12.1 Å². The highest BCUT2D eigenvalue weighted by molar-refractivity contribution is 7.97. The monoisotopic (exact) mass is 463 g/mol. The number of benzene rings is 1. The van der Waals surface area contributed by atoms with Gasteiger partial charge in [0.25, 0.3) is 0 Å². The number of rotatable bonds is 8. The maximum Gasteiger partial charge on any atom is 0.329 e.